The first-order chi connectivity index (χ1) is 13.3. The Hall–Kier alpha value is -4.00. The number of benzene rings is 1. The molecule has 0 aliphatic rings. The molecule has 0 atom stereocenters. The van der Waals surface area contributed by atoms with Crippen LogP contribution in [0.1, 0.15) is 10.4 Å². The number of aromatic nitrogens is 4. The number of ether oxygens (including phenoxy) is 1. The van der Waals surface area contributed by atoms with E-state index in [2.05, 4.69) is 25.3 Å². The smallest absolute Gasteiger partial charge is 0.256 e. The van der Waals surface area contributed by atoms with E-state index in [-0.39, 0.29) is 5.91 Å². The van der Waals surface area contributed by atoms with E-state index < -0.39 is 0 Å². The van der Waals surface area contributed by atoms with Crippen molar-refractivity contribution >= 4 is 11.7 Å². The summed E-state index contributed by atoms with van der Waals surface area (Å²) < 4.78 is 5.67. The van der Waals surface area contributed by atoms with Crippen LogP contribution in [0.15, 0.2) is 79.4 Å². The van der Waals surface area contributed by atoms with Gasteiger partial charge in [0.25, 0.3) is 5.91 Å². The van der Waals surface area contributed by atoms with Gasteiger partial charge in [-0.2, -0.15) is 0 Å². The quantitative estimate of drug-likeness (QED) is 0.565. The standard InChI is InChI=1S/C20H15N5O2/c26-20(25-18-13-23-19(24-18)17-5-1-2-11-22-17)14-6-8-15(9-7-14)27-16-4-3-10-21-12-16/h1-13H,(H,23,24)(H,25,26). The van der Waals surface area contributed by atoms with Crippen LogP contribution in [0.25, 0.3) is 11.5 Å². The Morgan fingerprint density at radius 3 is 2.52 bits per heavy atom. The van der Waals surface area contributed by atoms with Crippen molar-refractivity contribution in [2.45, 2.75) is 0 Å². The van der Waals surface area contributed by atoms with Gasteiger partial charge in [0.15, 0.2) is 5.82 Å². The third kappa shape index (κ3) is 3.98. The number of amides is 1. The number of aromatic amines is 1. The third-order valence-electron chi connectivity index (χ3n) is 3.72. The Bertz CT molecular complexity index is 1030. The van der Waals surface area contributed by atoms with E-state index in [1.54, 1.807) is 55.1 Å². The minimum Gasteiger partial charge on any atom is -0.456 e. The Kier molecular flexibility index (Phi) is 4.57. The second kappa shape index (κ2) is 7.49. The maximum Gasteiger partial charge on any atom is 0.256 e. The molecule has 0 spiro atoms. The van der Waals surface area contributed by atoms with Crippen LogP contribution in [-0.4, -0.2) is 25.8 Å². The molecule has 0 radical (unpaired) electrons. The molecule has 0 saturated heterocycles. The van der Waals surface area contributed by atoms with E-state index in [0.29, 0.717) is 34.4 Å². The lowest BCUT2D eigenvalue weighted by atomic mass is 10.2. The highest BCUT2D eigenvalue weighted by molar-refractivity contribution is 6.03. The summed E-state index contributed by atoms with van der Waals surface area (Å²) in [6, 6.07) is 16.0. The highest BCUT2D eigenvalue weighted by atomic mass is 16.5. The van der Waals surface area contributed by atoms with Crippen LogP contribution in [0.5, 0.6) is 11.5 Å². The minimum absolute atomic E-state index is 0.251. The molecule has 0 saturated carbocycles. The second-order valence-electron chi connectivity index (χ2n) is 5.63. The summed E-state index contributed by atoms with van der Waals surface area (Å²) in [5.41, 5.74) is 1.21. The van der Waals surface area contributed by atoms with Crippen molar-refractivity contribution in [2.24, 2.45) is 0 Å². The van der Waals surface area contributed by atoms with Crippen LogP contribution in [0, 0.1) is 0 Å². The molecule has 7 heteroatoms. The van der Waals surface area contributed by atoms with Gasteiger partial charge in [0.2, 0.25) is 0 Å². The number of pyridine rings is 2. The van der Waals surface area contributed by atoms with Gasteiger partial charge >= 0.3 is 0 Å². The molecule has 0 aliphatic carbocycles. The fraction of sp³-hybridized carbons (Fsp3) is 0. The molecule has 7 nitrogen and oxygen atoms in total. The third-order valence-corrected chi connectivity index (χ3v) is 3.72. The molecule has 4 aromatic rings. The number of nitrogens with one attached hydrogen (secondary N) is 2. The zero-order valence-corrected chi connectivity index (χ0v) is 14.2. The molecule has 3 heterocycles. The summed E-state index contributed by atoms with van der Waals surface area (Å²) in [6.07, 6.45) is 6.54. The lowest BCUT2D eigenvalue weighted by Crippen LogP contribution is -2.11. The van der Waals surface area contributed by atoms with Crippen molar-refractivity contribution in [3.8, 4) is 23.0 Å². The molecular weight excluding hydrogens is 342 g/mol. The average Bonchev–Trinajstić information content (AvgIpc) is 3.18. The predicted octanol–water partition coefficient (Wildman–Crippen LogP) is 3.91. The van der Waals surface area contributed by atoms with Crippen molar-refractivity contribution in [3.05, 3.63) is 84.9 Å². The Morgan fingerprint density at radius 2 is 1.78 bits per heavy atom. The molecular formula is C20H15N5O2. The maximum absolute atomic E-state index is 12.4. The van der Waals surface area contributed by atoms with Gasteiger partial charge in [-0.05, 0) is 48.5 Å². The molecule has 4 rings (SSSR count). The number of rotatable bonds is 5. The van der Waals surface area contributed by atoms with Crippen LogP contribution in [0.2, 0.25) is 0 Å². The number of nitrogens with zero attached hydrogens (tertiary/aromatic N) is 3. The fourth-order valence-electron chi connectivity index (χ4n) is 2.43. The highest BCUT2D eigenvalue weighted by Gasteiger charge is 2.10. The molecule has 132 valence electrons. The molecule has 0 fully saturated rings. The average molecular weight is 357 g/mol. The molecule has 27 heavy (non-hydrogen) atoms. The van der Waals surface area contributed by atoms with E-state index in [9.17, 15) is 4.79 Å². The SMILES string of the molecule is O=C(Nc1cnc(-c2ccccn2)[nH]1)c1ccc(Oc2cccnc2)cc1. The fourth-order valence-corrected chi connectivity index (χ4v) is 2.43. The lowest BCUT2D eigenvalue weighted by Gasteiger charge is -2.06. The number of anilines is 1. The number of hydrogen-bond acceptors (Lipinski definition) is 5. The van der Waals surface area contributed by atoms with Crippen molar-refractivity contribution in [1.29, 1.82) is 0 Å². The number of carbonyl (C=O) groups excluding carboxylic acids is 1. The van der Waals surface area contributed by atoms with Crippen molar-refractivity contribution in [1.82, 2.24) is 19.9 Å². The van der Waals surface area contributed by atoms with Gasteiger partial charge in [-0.3, -0.25) is 14.8 Å². The van der Waals surface area contributed by atoms with Crippen LogP contribution >= 0.6 is 0 Å². The summed E-state index contributed by atoms with van der Waals surface area (Å²) >= 11 is 0. The normalized spacial score (nSPS) is 10.4. The molecule has 0 bridgehead atoms. The number of carbonyl (C=O) groups is 1. The Morgan fingerprint density at radius 1 is 0.889 bits per heavy atom. The number of imidazole rings is 1. The van der Waals surface area contributed by atoms with Gasteiger partial charge in [-0.25, -0.2) is 4.98 Å². The van der Waals surface area contributed by atoms with Gasteiger partial charge in [0, 0.05) is 18.0 Å². The van der Waals surface area contributed by atoms with Crippen LogP contribution in [0.4, 0.5) is 5.82 Å². The van der Waals surface area contributed by atoms with E-state index in [1.165, 1.54) is 0 Å². The van der Waals surface area contributed by atoms with Gasteiger partial charge in [-0.1, -0.05) is 6.07 Å². The van der Waals surface area contributed by atoms with Crippen molar-refractivity contribution in [3.63, 3.8) is 0 Å². The van der Waals surface area contributed by atoms with Crippen molar-refractivity contribution < 1.29 is 9.53 Å². The molecule has 0 aliphatic heterocycles. The van der Waals surface area contributed by atoms with Crippen LogP contribution in [-0.2, 0) is 0 Å². The van der Waals surface area contributed by atoms with E-state index in [1.807, 2.05) is 24.3 Å². The first-order valence-electron chi connectivity index (χ1n) is 8.24. The van der Waals surface area contributed by atoms with Gasteiger partial charge < -0.3 is 15.0 Å². The highest BCUT2D eigenvalue weighted by Crippen LogP contribution is 2.21. The zero-order chi connectivity index (χ0) is 18.5. The molecule has 1 aromatic carbocycles. The minimum atomic E-state index is -0.251. The Balaban J connectivity index is 1.42. The van der Waals surface area contributed by atoms with Gasteiger partial charge in [0.1, 0.15) is 23.0 Å². The summed E-state index contributed by atoms with van der Waals surface area (Å²) in [5, 5.41) is 2.78. The van der Waals surface area contributed by atoms with Crippen molar-refractivity contribution in [2.75, 3.05) is 5.32 Å². The topological polar surface area (TPSA) is 92.8 Å². The maximum atomic E-state index is 12.4. The van der Waals surface area contributed by atoms with E-state index in [0.717, 1.165) is 0 Å². The van der Waals surface area contributed by atoms with Crippen LogP contribution < -0.4 is 10.1 Å². The summed E-state index contributed by atoms with van der Waals surface area (Å²) in [7, 11) is 0. The van der Waals surface area contributed by atoms with Crippen LogP contribution in [0.3, 0.4) is 0 Å². The Labute approximate surface area is 155 Å². The first kappa shape index (κ1) is 16.5. The number of H-pyrrole nitrogens is 1. The van der Waals surface area contributed by atoms with Gasteiger partial charge in [0.05, 0.1) is 12.4 Å². The van der Waals surface area contributed by atoms with E-state index in [4.69, 9.17) is 4.74 Å². The summed E-state index contributed by atoms with van der Waals surface area (Å²) in [4.78, 5) is 27.9. The molecule has 2 N–H and O–H groups in total. The monoisotopic (exact) mass is 357 g/mol. The number of hydrogen-bond donors (Lipinski definition) is 2. The second-order valence-corrected chi connectivity index (χ2v) is 5.63. The molecule has 1 amide bonds. The molecule has 0 unspecified atom stereocenters. The predicted molar refractivity (Wildman–Crippen MR) is 101 cm³/mol. The first-order valence-corrected chi connectivity index (χ1v) is 8.24. The van der Waals surface area contributed by atoms with E-state index >= 15 is 0 Å². The summed E-state index contributed by atoms with van der Waals surface area (Å²) in [6.45, 7) is 0. The van der Waals surface area contributed by atoms with Gasteiger partial charge in [-0.15, -0.1) is 0 Å². The lowest BCUT2D eigenvalue weighted by molar-refractivity contribution is 0.102. The largest absolute Gasteiger partial charge is 0.456 e. The summed E-state index contributed by atoms with van der Waals surface area (Å²) in [5.74, 6) is 2.09. The zero-order valence-electron chi connectivity index (χ0n) is 14.2. The molecule has 3 aromatic heterocycles.